The first-order valence-electron chi connectivity index (χ1n) is 8.43. The van der Waals surface area contributed by atoms with Gasteiger partial charge in [-0.05, 0) is 74.5 Å². The van der Waals surface area contributed by atoms with Crippen molar-refractivity contribution in [1.82, 2.24) is 0 Å². The molecule has 0 radical (unpaired) electrons. The lowest BCUT2D eigenvalue weighted by Crippen LogP contribution is -2.51. The van der Waals surface area contributed by atoms with E-state index in [-0.39, 0.29) is 16.6 Å². The van der Waals surface area contributed by atoms with E-state index in [0.29, 0.717) is 17.8 Å². The molecule has 4 fully saturated rings. The van der Waals surface area contributed by atoms with Crippen LogP contribution in [0.15, 0.2) is 18.2 Å². The number of amides is 1. The second kappa shape index (κ2) is 5.38. The number of hydrogen-bond acceptors (Lipinski definition) is 1. The highest BCUT2D eigenvalue weighted by Gasteiger charge is 2.54. The molecule has 4 aliphatic rings. The summed E-state index contributed by atoms with van der Waals surface area (Å²) in [5.74, 6) is 1.45. The zero-order valence-electron chi connectivity index (χ0n) is 13.1. The lowest BCUT2D eigenvalue weighted by Gasteiger charge is -2.55. The smallest absolute Gasteiger partial charge is 0.325 e. The van der Waals surface area contributed by atoms with Crippen molar-refractivity contribution in [3.8, 4) is 0 Å². The van der Waals surface area contributed by atoms with Crippen LogP contribution in [0.5, 0.6) is 0 Å². The third-order valence-electron chi connectivity index (χ3n) is 6.06. The Kier molecular flexibility index (Phi) is 3.64. The number of carbonyl (C=O) groups is 1. The third kappa shape index (κ3) is 2.71. The Labute approximate surface area is 143 Å². The van der Waals surface area contributed by atoms with Crippen molar-refractivity contribution >= 4 is 23.2 Å². The van der Waals surface area contributed by atoms with Crippen LogP contribution in [0, 0.1) is 23.2 Å². The van der Waals surface area contributed by atoms with Crippen LogP contribution in [0.4, 0.5) is 18.9 Å². The first-order valence-corrected chi connectivity index (χ1v) is 8.81. The summed E-state index contributed by atoms with van der Waals surface area (Å²) < 4.78 is 39.7. The van der Waals surface area contributed by atoms with Gasteiger partial charge in [0.1, 0.15) is 0 Å². The summed E-state index contributed by atoms with van der Waals surface area (Å²) >= 11 is 5.70. The Morgan fingerprint density at radius 2 is 1.62 bits per heavy atom. The van der Waals surface area contributed by atoms with E-state index < -0.39 is 17.2 Å². The minimum atomic E-state index is -4.55. The molecule has 24 heavy (non-hydrogen) atoms. The number of anilines is 1. The molecule has 0 unspecified atom stereocenters. The SMILES string of the molecule is O=C(Nc1ccc(Cl)cc1C(F)(F)F)C12CC3CC(CC(C3)C1)C2. The van der Waals surface area contributed by atoms with Crippen LogP contribution in [0.1, 0.15) is 44.1 Å². The van der Waals surface area contributed by atoms with E-state index in [2.05, 4.69) is 5.32 Å². The molecule has 0 spiro atoms. The molecule has 0 aliphatic heterocycles. The molecule has 0 heterocycles. The first kappa shape index (κ1) is 16.2. The largest absolute Gasteiger partial charge is 0.418 e. The van der Waals surface area contributed by atoms with Gasteiger partial charge in [0, 0.05) is 5.02 Å². The van der Waals surface area contributed by atoms with Gasteiger partial charge < -0.3 is 5.32 Å². The van der Waals surface area contributed by atoms with Gasteiger partial charge in [0.25, 0.3) is 0 Å². The molecule has 1 amide bonds. The molecule has 0 atom stereocenters. The van der Waals surface area contributed by atoms with Gasteiger partial charge in [0.2, 0.25) is 5.91 Å². The van der Waals surface area contributed by atoms with Crippen molar-refractivity contribution in [2.45, 2.75) is 44.7 Å². The Morgan fingerprint density at radius 1 is 1.08 bits per heavy atom. The monoisotopic (exact) mass is 357 g/mol. The van der Waals surface area contributed by atoms with Gasteiger partial charge in [-0.2, -0.15) is 13.2 Å². The molecule has 2 nitrogen and oxygen atoms in total. The highest BCUT2D eigenvalue weighted by atomic mass is 35.5. The van der Waals surface area contributed by atoms with Crippen molar-refractivity contribution in [2.24, 2.45) is 23.2 Å². The summed E-state index contributed by atoms with van der Waals surface area (Å²) in [5, 5.41) is 2.59. The maximum absolute atomic E-state index is 13.2. The van der Waals surface area contributed by atoms with Crippen molar-refractivity contribution in [2.75, 3.05) is 5.32 Å². The molecule has 4 aliphatic carbocycles. The van der Waals surface area contributed by atoms with E-state index in [0.717, 1.165) is 25.3 Å². The Bertz CT molecular complexity index is 650. The van der Waals surface area contributed by atoms with Crippen molar-refractivity contribution in [3.05, 3.63) is 28.8 Å². The summed E-state index contributed by atoms with van der Waals surface area (Å²) in [6, 6.07) is 3.51. The molecule has 4 saturated carbocycles. The number of rotatable bonds is 2. The van der Waals surface area contributed by atoms with Crippen molar-refractivity contribution in [3.63, 3.8) is 0 Å². The predicted molar refractivity (Wildman–Crippen MR) is 85.7 cm³/mol. The minimum Gasteiger partial charge on any atom is -0.325 e. The molecule has 1 aromatic carbocycles. The van der Waals surface area contributed by atoms with Crippen LogP contribution in [-0.2, 0) is 11.0 Å². The fraction of sp³-hybridized carbons (Fsp3) is 0.611. The van der Waals surface area contributed by atoms with E-state index >= 15 is 0 Å². The van der Waals surface area contributed by atoms with Gasteiger partial charge >= 0.3 is 6.18 Å². The second-order valence-electron chi connectivity index (χ2n) is 7.84. The Morgan fingerprint density at radius 3 is 2.12 bits per heavy atom. The highest BCUT2D eigenvalue weighted by Crippen LogP contribution is 2.60. The predicted octanol–water partition coefficient (Wildman–Crippen LogP) is 5.51. The van der Waals surface area contributed by atoms with Crippen LogP contribution < -0.4 is 5.32 Å². The number of carbonyl (C=O) groups excluding carboxylic acids is 1. The fourth-order valence-electron chi connectivity index (χ4n) is 5.50. The summed E-state index contributed by atoms with van der Waals surface area (Å²) in [6.45, 7) is 0. The number of alkyl halides is 3. The van der Waals surface area contributed by atoms with Crippen molar-refractivity contribution in [1.29, 1.82) is 0 Å². The number of hydrogen-bond donors (Lipinski definition) is 1. The summed E-state index contributed by atoms with van der Waals surface area (Å²) in [6.07, 6.45) is 1.46. The van der Waals surface area contributed by atoms with E-state index in [1.54, 1.807) is 0 Å². The molecule has 5 rings (SSSR count). The first-order chi connectivity index (χ1) is 11.2. The molecule has 130 valence electrons. The standard InChI is InChI=1S/C18H19ClF3NO/c19-13-1-2-15(14(6-13)18(20,21)22)23-16(24)17-7-10-3-11(8-17)5-12(4-10)9-17/h1-2,6,10-12H,3-5,7-9H2,(H,23,24). The molecule has 6 heteroatoms. The van der Waals surface area contributed by atoms with E-state index in [1.807, 2.05) is 0 Å². The fourth-order valence-corrected chi connectivity index (χ4v) is 5.68. The second-order valence-corrected chi connectivity index (χ2v) is 8.28. The Hall–Kier alpha value is -1.23. The number of nitrogens with one attached hydrogen (secondary N) is 1. The number of halogens is 4. The molecule has 1 N–H and O–H groups in total. The summed E-state index contributed by atoms with van der Waals surface area (Å²) in [5.41, 5.74) is -1.54. The van der Waals surface area contributed by atoms with Gasteiger partial charge in [0.05, 0.1) is 16.7 Å². The zero-order valence-corrected chi connectivity index (χ0v) is 13.9. The van der Waals surface area contributed by atoms with Gasteiger partial charge in [-0.15, -0.1) is 0 Å². The molecule has 4 bridgehead atoms. The maximum atomic E-state index is 13.2. The van der Waals surface area contributed by atoms with E-state index in [9.17, 15) is 18.0 Å². The van der Waals surface area contributed by atoms with Crippen LogP contribution in [0.2, 0.25) is 5.02 Å². The zero-order chi connectivity index (χ0) is 17.1. The quantitative estimate of drug-likeness (QED) is 0.742. The van der Waals surface area contributed by atoms with Gasteiger partial charge in [-0.1, -0.05) is 11.6 Å². The van der Waals surface area contributed by atoms with Crippen molar-refractivity contribution < 1.29 is 18.0 Å². The van der Waals surface area contributed by atoms with Gasteiger partial charge in [-0.3, -0.25) is 4.79 Å². The summed E-state index contributed by atoms with van der Waals surface area (Å²) in [4.78, 5) is 12.9. The van der Waals surface area contributed by atoms with E-state index in [4.69, 9.17) is 11.6 Å². The highest BCUT2D eigenvalue weighted by molar-refractivity contribution is 6.30. The molecule has 0 saturated heterocycles. The average Bonchev–Trinajstić information content (AvgIpc) is 2.46. The molecular formula is C18H19ClF3NO. The van der Waals surface area contributed by atoms with Gasteiger partial charge in [0.15, 0.2) is 0 Å². The van der Waals surface area contributed by atoms with E-state index in [1.165, 1.54) is 31.4 Å². The van der Waals surface area contributed by atoms with Crippen LogP contribution in [-0.4, -0.2) is 5.91 Å². The lowest BCUT2D eigenvalue weighted by atomic mass is 9.49. The maximum Gasteiger partial charge on any atom is 0.418 e. The lowest BCUT2D eigenvalue weighted by molar-refractivity contribution is -0.141. The third-order valence-corrected chi connectivity index (χ3v) is 6.29. The normalized spacial score (nSPS) is 34.4. The van der Waals surface area contributed by atoms with Crippen LogP contribution >= 0.6 is 11.6 Å². The number of benzene rings is 1. The van der Waals surface area contributed by atoms with Crippen LogP contribution in [0.25, 0.3) is 0 Å². The molecular weight excluding hydrogens is 339 g/mol. The van der Waals surface area contributed by atoms with Gasteiger partial charge in [-0.25, -0.2) is 0 Å². The topological polar surface area (TPSA) is 29.1 Å². The average molecular weight is 358 g/mol. The van der Waals surface area contributed by atoms with Crippen LogP contribution in [0.3, 0.4) is 0 Å². The molecule has 0 aromatic heterocycles. The minimum absolute atomic E-state index is 0.00938. The summed E-state index contributed by atoms with van der Waals surface area (Å²) in [7, 11) is 0. The molecule has 1 aromatic rings. The Balaban J connectivity index is 1.61.